The van der Waals surface area contributed by atoms with E-state index in [0.29, 0.717) is 35.3 Å². The Balaban J connectivity index is 1.59. The molecular weight excluding hydrogens is 381 g/mol. The van der Waals surface area contributed by atoms with E-state index in [9.17, 15) is 9.18 Å². The number of likely N-dealkylation sites (tertiary alicyclic amines) is 1. The maximum Gasteiger partial charge on any atom is 0.257 e. The lowest BCUT2D eigenvalue weighted by Gasteiger charge is -2.33. The van der Waals surface area contributed by atoms with Gasteiger partial charge in [-0.3, -0.25) is 9.69 Å². The fourth-order valence-corrected chi connectivity index (χ4v) is 4.15. The minimum absolute atomic E-state index is 0.144. The van der Waals surface area contributed by atoms with Crippen LogP contribution in [0, 0.1) is 12.7 Å². The molecule has 0 radical (unpaired) electrons. The molecule has 1 atom stereocenters. The normalized spacial score (nSPS) is 17.2. The van der Waals surface area contributed by atoms with Crippen LogP contribution in [0.3, 0.4) is 0 Å². The van der Waals surface area contributed by atoms with E-state index in [1.165, 1.54) is 31.4 Å². The van der Waals surface area contributed by atoms with Crippen LogP contribution in [0.25, 0.3) is 11.5 Å². The Bertz CT molecular complexity index is 994. The maximum absolute atomic E-state index is 13.4. The number of hydrogen-bond acceptors (Lipinski definition) is 3. The Morgan fingerprint density at radius 2 is 1.93 bits per heavy atom. The van der Waals surface area contributed by atoms with Gasteiger partial charge in [0.15, 0.2) is 5.82 Å². The van der Waals surface area contributed by atoms with Crippen molar-refractivity contribution in [2.24, 2.45) is 0 Å². The van der Waals surface area contributed by atoms with Crippen LogP contribution in [0.2, 0.25) is 0 Å². The molecule has 4 rings (SSSR count). The van der Waals surface area contributed by atoms with Crippen LogP contribution >= 0.6 is 0 Å². The molecule has 3 heterocycles. The lowest BCUT2D eigenvalue weighted by Crippen LogP contribution is -2.42. The first kappa shape index (κ1) is 20.3. The van der Waals surface area contributed by atoms with Crippen LogP contribution in [0.15, 0.2) is 48.8 Å². The summed E-state index contributed by atoms with van der Waals surface area (Å²) in [6, 6.07) is 10.5. The number of carbonyl (C=O) groups is 1. The van der Waals surface area contributed by atoms with Crippen LogP contribution in [0.5, 0.6) is 0 Å². The summed E-state index contributed by atoms with van der Waals surface area (Å²) in [4.78, 5) is 15.6. The Kier molecular flexibility index (Phi) is 5.99. The van der Waals surface area contributed by atoms with Gasteiger partial charge < -0.3 is 9.88 Å². The summed E-state index contributed by atoms with van der Waals surface area (Å²) < 4.78 is 17.0. The van der Waals surface area contributed by atoms with Crippen molar-refractivity contribution in [1.29, 1.82) is 0 Å². The summed E-state index contributed by atoms with van der Waals surface area (Å²) in [5.41, 5.74) is 1.86. The zero-order valence-electron chi connectivity index (χ0n) is 17.5. The van der Waals surface area contributed by atoms with Crippen LogP contribution in [-0.2, 0) is 0 Å². The van der Waals surface area contributed by atoms with Gasteiger partial charge in [0.2, 0.25) is 0 Å². The molecule has 3 aromatic rings. The number of nitrogens with one attached hydrogen (secondary N) is 1. The SMILES string of the molecule is Cc1nn(-c2ccc(F)cc2)c(-n2cccc2)c1C(=O)NCCN1CCCCC1C. The Hall–Kier alpha value is -2.93. The largest absolute Gasteiger partial charge is 0.351 e. The molecule has 1 aromatic carbocycles. The second-order valence-electron chi connectivity index (χ2n) is 7.90. The molecule has 1 aliphatic rings. The molecule has 1 aliphatic heterocycles. The second-order valence-corrected chi connectivity index (χ2v) is 7.90. The standard InChI is InChI=1S/C23H28FN5O/c1-17-7-3-4-13-27(17)16-12-25-22(30)21-18(2)26-29(20-10-8-19(24)9-11-20)23(21)28-14-5-6-15-28/h5-6,8-11,14-15,17H,3-4,7,12-13,16H2,1-2H3,(H,25,30). The number of hydrogen-bond donors (Lipinski definition) is 1. The van der Waals surface area contributed by atoms with Crippen LogP contribution in [0.4, 0.5) is 4.39 Å². The highest BCUT2D eigenvalue weighted by molar-refractivity contribution is 5.98. The summed E-state index contributed by atoms with van der Waals surface area (Å²) in [6.45, 7) is 6.61. The molecule has 158 valence electrons. The van der Waals surface area contributed by atoms with Crippen molar-refractivity contribution < 1.29 is 9.18 Å². The van der Waals surface area contributed by atoms with E-state index in [-0.39, 0.29) is 11.7 Å². The lowest BCUT2D eigenvalue weighted by molar-refractivity contribution is 0.0938. The lowest BCUT2D eigenvalue weighted by atomic mass is 10.0. The zero-order chi connectivity index (χ0) is 21.1. The number of carbonyl (C=O) groups excluding carboxylic acids is 1. The van der Waals surface area contributed by atoms with Gasteiger partial charge in [0.25, 0.3) is 5.91 Å². The fourth-order valence-electron chi connectivity index (χ4n) is 4.15. The molecule has 0 aliphatic carbocycles. The highest BCUT2D eigenvalue weighted by Gasteiger charge is 2.24. The first-order chi connectivity index (χ1) is 14.5. The molecule has 1 amide bonds. The molecule has 1 fully saturated rings. The third-order valence-electron chi connectivity index (χ3n) is 5.81. The number of benzene rings is 1. The number of aromatic nitrogens is 3. The van der Waals surface area contributed by atoms with Crippen molar-refractivity contribution in [3.63, 3.8) is 0 Å². The molecule has 1 N–H and O–H groups in total. The monoisotopic (exact) mass is 409 g/mol. The average Bonchev–Trinajstić information content (AvgIpc) is 3.37. The van der Waals surface area contributed by atoms with Gasteiger partial charge in [0, 0.05) is 31.5 Å². The minimum atomic E-state index is -0.310. The van der Waals surface area contributed by atoms with Gasteiger partial charge in [-0.25, -0.2) is 9.07 Å². The summed E-state index contributed by atoms with van der Waals surface area (Å²) in [5, 5.41) is 7.68. The van der Waals surface area contributed by atoms with Gasteiger partial charge >= 0.3 is 0 Å². The highest BCUT2D eigenvalue weighted by atomic mass is 19.1. The van der Waals surface area contributed by atoms with Crippen molar-refractivity contribution in [2.45, 2.75) is 39.2 Å². The highest BCUT2D eigenvalue weighted by Crippen LogP contribution is 2.23. The van der Waals surface area contributed by atoms with Gasteiger partial charge in [-0.15, -0.1) is 0 Å². The molecule has 0 bridgehead atoms. The van der Waals surface area contributed by atoms with E-state index in [4.69, 9.17) is 0 Å². The number of nitrogens with zero attached hydrogens (tertiary/aromatic N) is 4. The van der Waals surface area contributed by atoms with Crippen molar-refractivity contribution in [1.82, 2.24) is 24.6 Å². The summed E-state index contributed by atoms with van der Waals surface area (Å²) in [5.74, 6) is 0.192. The minimum Gasteiger partial charge on any atom is -0.351 e. The smallest absolute Gasteiger partial charge is 0.257 e. The van der Waals surface area contributed by atoms with E-state index in [2.05, 4.69) is 22.2 Å². The van der Waals surface area contributed by atoms with Gasteiger partial charge in [-0.2, -0.15) is 5.10 Å². The number of aryl methyl sites for hydroxylation is 1. The van der Waals surface area contributed by atoms with Crippen molar-refractivity contribution in [3.8, 4) is 11.5 Å². The van der Waals surface area contributed by atoms with Gasteiger partial charge in [0.05, 0.1) is 11.4 Å². The van der Waals surface area contributed by atoms with E-state index >= 15 is 0 Å². The Morgan fingerprint density at radius 3 is 2.63 bits per heavy atom. The van der Waals surface area contributed by atoms with Crippen LogP contribution < -0.4 is 5.32 Å². The molecule has 7 heteroatoms. The van der Waals surface area contributed by atoms with Crippen molar-refractivity contribution in [3.05, 3.63) is 65.9 Å². The van der Waals surface area contributed by atoms with Gasteiger partial charge in [0.1, 0.15) is 11.4 Å². The van der Waals surface area contributed by atoms with Gasteiger partial charge in [-0.1, -0.05) is 6.42 Å². The van der Waals surface area contributed by atoms with Crippen LogP contribution in [0.1, 0.15) is 42.2 Å². The first-order valence-electron chi connectivity index (χ1n) is 10.6. The molecule has 30 heavy (non-hydrogen) atoms. The third-order valence-corrected chi connectivity index (χ3v) is 5.81. The van der Waals surface area contributed by atoms with E-state index < -0.39 is 0 Å². The van der Waals surface area contributed by atoms with Crippen molar-refractivity contribution >= 4 is 5.91 Å². The molecule has 2 aromatic heterocycles. The fraction of sp³-hybridized carbons (Fsp3) is 0.391. The summed E-state index contributed by atoms with van der Waals surface area (Å²) in [7, 11) is 0. The first-order valence-corrected chi connectivity index (χ1v) is 10.6. The Labute approximate surface area is 176 Å². The topological polar surface area (TPSA) is 55.1 Å². The van der Waals surface area contributed by atoms with Gasteiger partial charge in [-0.05, 0) is 69.6 Å². The van der Waals surface area contributed by atoms with E-state index in [0.717, 1.165) is 13.1 Å². The number of rotatable bonds is 6. The van der Waals surface area contributed by atoms with Crippen molar-refractivity contribution in [2.75, 3.05) is 19.6 Å². The number of halogens is 1. The molecular formula is C23H28FN5O. The van der Waals surface area contributed by atoms with E-state index in [1.807, 2.05) is 36.0 Å². The predicted molar refractivity (Wildman–Crippen MR) is 115 cm³/mol. The maximum atomic E-state index is 13.4. The number of amides is 1. The van der Waals surface area contributed by atoms with E-state index in [1.54, 1.807) is 16.8 Å². The second kappa shape index (κ2) is 8.83. The molecule has 1 saturated heterocycles. The quantitative estimate of drug-likeness (QED) is 0.675. The number of piperidine rings is 1. The Morgan fingerprint density at radius 1 is 1.20 bits per heavy atom. The molecule has 0 spiro atoms. The molecule has 1 unspecified atom stereocenters. The van der Waals surface area contributed by atoms with Crippen LogP contribution in [-0.4, -0.2) is 50.8 Å². The summed E-state index contributed by atoms with van der Waals surface area (Å²) in [6.07, 6.45) is 7.48. The molecule has 0 saturated carbocycles. The average molecular weight is 410 g/mol. The summed E-state index contributed by atoms with van der Waals surface area (Å²) >= 11 is 0. The third kappa shape index (κ3) is 4.16. The zero-order valence-corrected chi connectivity index (χ0v) is 17.5. The molecule has 6 nitrogen and oxygen atoms in total. The predicted octanol–water partition coefficient (Wildman–Crippen LogP) is 3.71.